The molecule has 0 unspecified atom stereocenters. The van der Waals surface area contributed by atoms with Crippen LogP contribution in [-0.4, -0.2) is 20.0 Å². The van der Waals surface area contributed by atoms with Gasteiger partial charge in [0.15, 0.2) is 0 Å². The maximum Gasteiger partial charge on any atom is 0.418 e. The summed E-state index contributed by atoms with van der Waals surface area (Å²) in [6.07, 6.45) is -4.72. The van der Waals surface area contributed by atoms with E-state index in [4.69, 9.17) is 0 Å². The van der Waals surface area contributed by atoms with Gasteiger partial charge >= 0.3 is 17.3 Å². The van der Waals surface area contributed by atoms with E-state index in [1.807, 2.05) is 18.2 Å². The first-order valence-electron chi connectivity index (χ1n) is 10.4. The number of amides is 1. The number of aromatic nitrogens is 3. The average molecular weight is 470 g/mol. The maximum absolute atomic E-state index is 13.9. The highest BCUT2D eigenvalue weighted by atomic mass is 19.4. The Morgan fingerprint density at radius 1 is 1.00 bits per heavy atom. The van der Waals surface area contributed by atoms with E-state index in [1.54, 1.807) is 38.1 Å². The van der Waals surface area contributed by atoms with E-state index < -0.39 is 35.3 Å². The number of aromatic amines is 1. The van der Waals surface area contributed by atoms with E-state index in [9.17, 15) is 27.6 Å². The molecule has 2 N–H and O–H groups in total. The van der Waals surface area contributed by atoms with Gasteiger partial charge in [-0.05, 0) is 43.7 Å². The quantitative estimate of drug-likeness (QED) is 0.438. The van der Waals surface area contributed by atoms with E-state index in [-0.39, 0.29) is 23.3 Å². The van der Waals surface area contributed by atoms with E-state index >= 15 is 0 Å². The van der Waals surface area contributed by atoms with Crippen LogP contribution in [0.2, 0.25) is 0 Å². The van der Waals surface area contributed by atoms with Crippen LogP contribution in [-0.2, 0) is 24.1 Å². The molecule has 0 aliphatic rings. The summed E-state index contributed by atoms with van der Waals surface area (Å²) in [6.45, 7) is 2.99. The lowest BCUT2D eigenvalue weighted by atomic mass is 10.1. The molecule has 176 valence electrons. The number of benzene rings is 2. The van der Waals surface area contributed by atoms with Crippen LogP contribution < -0.4 is 16.4 Å². The minimum Gasteiger partial charge on any atom is -0.350 e. The minimum absolute atomic E-state index is 0.00922. The number of hydrogen-bond donors (Lipinski definition) is 2. The van der Waals surface area contributed by atoms with Crippen molar-refractivity contribution in [3.05, 3.63) is 97.8 Å². The summed E-state index contributed by atoms with van der Waals surface area (Å²) in [5.41, 5.74) is -1.57. The Kier molecular flexibility index (Phi) is 5.90. The number of fused-ring (bicyclic) bond motifs is 1. The van der Waals surface area contributed by atoms with Crippen LogP contribution in [0.25, 0.3) is 16.7 Å². The van der Waals surface area contributed by atoms with Crippen molar-refractivity contribution in [3.8, 4) is 5.69 Å². The van der Waals surface area contributed by atoms with Crippen molar-refractivity contribution in [2.75, 3.05) is 0 Å². The Morgan fingerprint density at radius 3 is 2.26 bits per heavy atom. The number of carbonyl (C=O) groups is 1. The molecule has 7 nitrogen and oxygen atoms in total. The molecule has 1 amide bonds. The number of aryl methyl sites for hydroxylation is 2. The molecular weight excluding hydrogens is 449 g/mol. The van der Waals surface area contributed by atoms with Gasteiger partial charge in [-0.2, -0.15) is 13.2 Å². The Hall–Kier alpha value is -4.08. The minimum atomic E-state index is -4.72. The van der Waals surface area contributed by atoms with Gasteiger partial charge in [0.25, 0.3) is 0 Å². The average Bonchev–Trinajstić information content (AvgIpc) is 3.12. The van der Waals surface area contributed by atoms with Gasteiger partial charge in [-0.25, -0.2) is 0 Å². The fourth-order valence-corrected chi connectivity index (χ4v) is 3.92. The van der Waals surface area contributed by atoms with Gasteiger partial charge in [-0.1, -0.05) is 30.3 Å². The number of halogens is 3. The van der Waals surface area contributed by atoms with E-state index in [0.717, 1.165) is 16.2 Å². The standard InChI is InChI=1S/C24H21F3N4O3/c1-14-8-9-15(2)31(14)19-11-20-18(10-17(19)24(25,26)27)29-22(33)23(34)30(20)13-21(32)28-12-16-6-4-3-5-7-16/h3-11H,12-13H2,1-2H3,(H,28,32)(H,29,33). The normalized spacial score (nSPS) is 11.7. The predicted octanol–water partition coefficient (Wildman–Crippen LogP) is 3.43. The number of hydrogen-bond acceptors (Lipinski definition) is 3. The van der Waals surface area contributed by atoms with Gasteiger partial charge in [0.2, 0.25) is 5.91 Å². The van der Waals surface area contributed by atoms with Crippen molar-refractivity contribution in [2.45, 2.75) is 33.1 Å². The molecule has 0 saturated heterocycles. The molecule has 4 aromatic rings. The number of carbonyl (C=O) groups excluding carboxylic acids is 1. The molecule has 0 bridgehead atoms. The van der Waals surface area contributed by atoms with Crippen LogP contribution in [0.5, 0.6) is 0 Å². The fourth-order valence-electron chi connectivity index (χ4n) is 3.92. The molecule has 0 aliphatic heterocycles. The third-order valence-corrected chi connectivity index (χ3v) is 5.54. The number of rotatable bonds is 5. The van der Waals surface area contributed by atoms with Crippen LogP contribution in [0.4, 0.5) is 13.2 Å². The smallest absolute Gasteiger partial charge is 0.350 e. The zero-order valence-electron chi connectivity index (χ0n) is 18.4. The molecule has 2 aromatic carbocycles. The van der Waals surface area contributed by atoms with Crippen molar-refractivity contribution < 1.29 is 18.0 Å². The van der Waals surface area contributed by atoms with E-state index in [0.29, 0.717) is 11.4 Å². The van der Waals surface area contributed by atoms with Gasteiger partial charge in [0.05, 0.1) is 22.3 Å². The maximum atomic E-state index is 13.9. The molecule has 0 saturated carbocycles. The zero-order valence-corrected chi connectivity index (χ0v) is 18.4. The molecule has 0 fully saturated rings. The van der Waals surface area contributed by atoms with Crippen LogP contribution in [0.15, 0.2) is 64.2 Å². The summed E-state index contributed by atoms with van der Waals surface area (Å²) >= 11 is 0. The molecular formula is C24H21F3N4O3. The first kappa shape index (κ1) is 23.1. The van der Waals surface area contributed by atoms with Gasteiger partial charge in [-0.3, -0.25) is 19.0 Å². The molecule has 0 aliphatic carbocycles. The number of H-pyrrole nitrogens is 1. The van der Waals surface area contributed by atoms with Crippen molar-refractivity contribution >= 4 is 16.9 Å². The van der Waals surface area contributed by atoms with Crippen LogP contribution in [0.1, 0.15) is 22.5 Å². The molecule has 0 atom stereocenters. The summed E-state index contributed by atoms with van der Waals surface area (Å²) in [4.78, 5) is 39.6. The first-order chi connectivity index (χ1) is 16.1. The summed E-state index contributed by atoms with van der Waals surface area (Å²) in [6, 6.07) is 14.4. The highest BCUT2D eigenvalue weighted by Crippen LogP contribution is 2.37. The number of nitrogens with one attached hydrogen (secondary N) is 2. The van der Waals surface area contributed by atoms with E-state index in [1.165, 1.54) is 10.6 Å². The number of nitrogens with zero attached hydrogens (tertiary/aromatic N) is 2. The van der Waals surface area contributed by atoms with Crippen LogP contribution >= 0.6 is 0 Å². The third kappa shape index (κ3) is 4.39. The Morgan fingerprint density at radius 2 is 1.65 bits per heavy atom. The largest absolute Gasteiger partial charge is 0.418 e. The lowest BCUT2D eigenvalue weighted by Crippen LogP contribution is -2.40. The summed E-state index contributed by atoms with van der Waals surface area (Å²) in [7, 11) is 0. The second-order valence-electron chi connectivity index (χ2n) is 7.94. The molecule has 2 aromatic heterocycles. The zero-order chi connectivity index (χ0) is 24.6. The Balaban J connectivity index is 1.84. The van der Waals surface area contributed by atoms with Gasteiger partial charge < -0.3 is 14.9 Å². The molecule has 0 radical (unpaired) electrons. The Labute approximate surface area is 191 Å². The number of alkyl halides is 3. The van der Waals surface area contributed by atoms with Crippen molar-refractivity contribution in [1.29, 1.82) is 0 Å². The second kappa shape index (κ2) is 8.69. The molecule has 10 heteroatoms. The lowest BCUT2D eigenvalue weighted by molar-refractivity contribution is -0.137. The highest BCUT2D eigenvalue weighted by Gasteiger charge is 2.35. The fraction of sp³-hybridized carbons (Fsp3) is 0.208. The monoisotopic (exact) mass is 470 g/mol. The molecule has 34 heavy (non-hydrogen) atoms. The predicted molar refractivity (Wildman–Crippen MR) is 121 cm³/mol. The van der Waals surface area contributed by atoms with Crippen molar-refractivity contribution in [2.24, 2.45) is 0 Å². The lowest BCUT2D eigenvalue weighted by Gasteiger charge is -2.19. The van der Waals surface area contributed by atoms with Crippen molar-refractivity contribution in [3.63, 3.8) is 0 Å². The van der Waals surface area contributed by atoms with Gasteiger partial charge in [-0.15, -0.1) is 0 Å². The third-order valence-electron chi connectivity index (χ3n) is 5.54. The summed E-state index contributed by atoms with van der Waals surface area (Å²) < 4.78 is 44.1. The summed E-state index contributed by atoms with van der Waals surface area (Å²) in [5.74, 6) is -0.562. The Bertz CT molecular complexity index is 1480. The summed E-state index contributed by atoms with van der Waals surface area (Å²) in [5, 5.41) is 2.66. The van der Waals surface area contributed by atoms with E-state index in [2.05, 4.69) is 10.3 Å². The SMILES string of the molecule is Cc1ccc(C)n1-c1cc2c(cc1C(F)(F)F)[nH]c(=O)c(=O)n2CC(=O)NCc1ccccc1. The van der Waals surface area contributed by atoms with Gasteiger partial charge in [0.1, 0.15) is 6.54 Å². The van der Waals surface area contributed by atoms with Crippen molar-refractivity contribution in [1.82, 2.24) is 19.4 Å². The second-order valence-corrected chi connectivity index (χ2v) is 7.94. The highest BCUT2D eigenvalue weighted by molar-refractivity contribution is 5.82. The topological polar surface area (TPSA) is 88.9 Å². The molecule has 4 rings (SSSR count). The first-order valence-corrected chi connectivity index (χ1v) is 10.4. The van der Waals surface area contributed by atoms with Crippen LogP contribution in [0.3, 0.4) is 0 Å². The molecule has 0 spiro atoms. The molecule has 2 heterocycles. The van der Waals surface area contributed by atoms with Crippen LogP contribution in [0, 0.1) is 13.8 Å². The van der Waals surface area contributed by atoms with Gasteiger partial charge in [0, 0.05) is 17.9 Å².